The van der Waals surface area contributed by atoms with Gasteiger partial charge in [-0.05, 0) is 39.4 Å². The Morgan fingerprint density at radius 1 is 1.55 bits per heavy atom. The molecular formula is C14H24N4S2. The normalized spacial score (nSPS) is 23.1. The van der Waals surface area contributed by atoms with E-state index in [-0.39, 0.29) is 0 Å². The standard InChI is InChI=1S/C14H24N4S2/c1-4-15-14(17-9-13-8-16-10(2)20-13)18-11-5-6-12(7-11)19-3/h8,11-12H,4-7,9H2,1-3H3,(H2,15,17,18). The molecule has 1 aromatic heterocycles. The van der Waals surface area contributed by atoms with Gasteiger partial charge in [-0.15, -0.1) is 11.3 Å². The smallest absolute Gasteiger partial charge is 0.191 e. The molecule has 0 aromatic carbocycles. The highest BCUT2D eigenvalue weighted by atomic mass is 32.2. The van der Waals surface area contributed by atoms with E-state index >= 15 is 0 Å². The topological polar surface area (TPSA) is 49.3 Å². The second kappa shape index (κ2) is 7.88. The van der Waals surface area contributed by atoms with Crippen molar-refractivity contribution >= 4 is 29.1 Å². The van der Waals surface area contributed by atoms with E-state index in [4.69, 9.17) is 0 Å². The molecule has 1 heterocycles. The van der Waals surface area contributed by atoms with Crippen LogP contribution in [-0.4, -0.2) is 35.0 Å². The van der Waals surface area contributed by atoms with Gasteiger partial charge in [0.25, 0.3) is 0 Å². The maximum absolute atomic E-state index is 4.67. The summed E-state index contributed by atoms with van der Waals surface area (Å²) >= 11 is 3.70. The molecule has 2 rings (SSSR count). The van der Waals surface area contributed by atoms with E-state index < -0.39 is 0 Å². The van der Waals surface area contributed by atoms with E-state index in [2.05, 4.69) is 33.8 Å². The second-order valence-electron chi connectivity index (χ2n) is 5.05. The number of hydrogen-bond acceptors (Lipinski definition) is 4. The van der Waals surface area contributed by atoms with Gasteiger partial charge in [-0.3, -0.25) is 0 Å². The molecular weight excluding hydrogens is 288 g/mol. The largest absolute Gasteiger partial charge is 0.357 e. The molecule has 1 saturated carbocycles. The molecule has 0 spiro atoms. The zero-order valence-electron chi connectivity index (χ0n) is 12.5. The van der Waals surface area contributed by atoms with Gasteiger partial charge in [-0.1, -0.05) is 0 Å². The Labute approximate surface area is 129 Å². The number of nitrogens with zero attached hydrogens (tertiary/aromatic N) is 2. The quantitative estimate of drug-likeness (QED) is 0.648. The van der Waals surface area contributed by atoms with Crippen molar-refractivity contribution in [2.24, 2.45) is 4.99 Å². The van der Waals surface area contributed by atoms with Crippen LogP contribution in [-0.2, 0) is 6.54 Å². The molecule has 0 radical (unpaired) electrons. The summed E-state index contributed by atoms with van der Waals surface area (Å²) in [7, 11) is 0. The van der Waals surface area contributed by atoms with Crippen LogP contribution in [0.2, 0.25) is 0 Å². The van der Waals surface area contributed by atoms with Gasteiger partial charge in [-0.25, -0.2) is 9.98 Å². The summed E-state index contributed by atoms with van der Waals surface area (Å²) in [6.45, 7) is 5.74. The Bertz CT molecular complexity index is 444. The first-order valence-electron chi connectivity index (χ1n) is 7.20. The minimum atomic E-state index is 0.563. The third-order valence-corrected chi connectivity index (χ3v) is 5.46. The molecule has 2 N–H and O–H groups in total. The van der Waals surface area contributed by atoms with Gasteiger partial charge in [0, 0.05) is 28.9 Å². The molecule has 6 heteroatoms. The Morgan fingerprint density at radius 2 is 2.40 bits per heavy atom. The monoisotopic (exact) mass is 312 g/mol. The third-order valence-electron chi connectivity index (χ3n) is 3.47. The van der Waals surface area contributed by atoms with E-state index in [0.29, 0.717) is 12.6 Å². The van der Waals surface area contributed by atoms with E-state index in [1.165, 1.54) is 24.1 Å². The molecule has 112 valence electrons. The first-order chi connectivity index (χ1) is 9.71. The molecule has 4 nitrogen and oxygen atoms in total. The minimum absolute atomic E-state index is 0.563. The lowest BCUT2D eigenvalue weighted by Gasteiger charge is -2.17. The van der Waals surface area contributed by atoms with Crippen LogP contribution in [0.5, 0.6) is 0 Å². The third kappa shape index (κ3) is 4.66. The number of aliphatic imine (C=N–C) groups is 1. The number of thiazole rings is 1. The van der Waals surface area contributed by atoms with Crippen LogP contribution in [0, 0.1) is 6.92 Å². The summed E-state index contributed by atoms with van der Waals surface area (Å²) in [6, 6.07) is 0.563. The fourth-order valence-corrected chi connectivity index (χ4v) is 3.95. The number of aromatic nitrogens is 1. The van der Waals surface area contributed by atoms with E-state index in [0.717, 1.165) is 22.8 Å². The molecule has 1 fully saturated rings. The fourth-order valence-electron chi connectivity index (χ4n) is 2.43. The molecule has 0 aliphatic heterocycles. The molecule has 20 heavy (non-hydrogen) atoms. The van der Waals surface area contributed by atoms with Crippen molar-refractivity contribution in [1.82, 2.24) is 15.6 Å². The Balaban J connectivity index is 1.89. The van der Waals surface area contributed by atoms with E-state index in [9.17, 15) is 0 Å². The average Bonchev–Trinajstić information content (AvgIpc) is 3.05. The maximum Gasteiger partial charge on any atom is 0.191 e. The molecule has 1 aliphatic carbocycles. The first kappa shape index (κ1) is 15.6. The number of rotatable bonds is 5. The van der Waals surface area contributed by atoms with Gasteiger partial charge in [0.05, 0.1) is 11.6 Å². The van der Waals surface area contributed by atoms with Gasteiger partial charge >= 0.3 is 0 Å². The predicted octanol–water partition coefficient (Wildman–Crippen LogP) is 2.79. The average molecular weight is 313 g/mol. The molecule has 0 bridgehead atoms. The van der Waals surface area contributed by atoms with Crippen molar-refractivity contribution < 1.29 is 0 Å². The van der Waals surface area contributed by atoms with Crippen LogP contribution in [0.25, 0.3) is 0 Å². The summed E-state index contributed by atoms with van der Waals surface area (Å²) in [4.78, 5) is 10.2. The highest BCUT2D eigenvalue weighted by Gasteiger charge is 2.24. The fraction of sp³-hybridized carbons (Fsp3) is 0.714. The lowest BCUT2D eigenvalue weighted by molar-refractivity contribution is 0.615. The highest BCUT2D eigenvalue weighted by Crippen LogP contribution is 2.28. The summed E-state index contributed by atoms with van der Waals surface area (Å²) < 4.78 is 0. The number of thioether (sulfide) groups is 1. The van der Waals surface area contributed by atoms with Crippen molar-refractivity contribution in [1.29, 1.82) is 0 Å². The van der Waals surface area contributed by atoms with E-state index in [1.54, 1.807) is 11.3 Å². The van der Waals surface area contributed by atoms with Gasteiger partial charge in [-0.2, -0.15) is 11.8 Å². The Morgan fingerprint density at radius 3 is 3.00 bits per heavy atom. The number of guanidine groups is 1. The number of aryl methyl sites for hydroxylation is 1. The Kier molecular flexibility index (Phi) is 6.16. The predicted molar refractivity (Wildman–Crippen MR) is 89.7 cm³/mol. The summed E-state index contributed by atoms with van der Waals surface area (Å²) in [5.74, 6) is 0.935. The van der Waals surface area contributed by atoms with Crippen LogP contribution in [0.3, 0.4) is 0 Å². The minimum Gasteiger partial charge on any atom is -0.357 e. The van der Waals surface area contributed by atoms with Gasteiger partial charge in [0.15, 0.2) is 5.96 Å². The highest BCUT2D eigenvalue weighted by molar-refractivity contribution is 7.99. The maximum atomic E-state index is 4.67. The second-order valence-corrected chi connectivity index (χ2v) is 7.51. The van der Waals surface area contributed by atoms with Crippen LogP contribution in [0.1, 0.15) is 36.1 Å². The lowest BCUT2D eigenvalue weighted by atomic mass is 10.2. The summed E-state index contributed by atoms with van der Waals surface area (Å²) in [6.07, 6.45) is 7.93. The molecule has 1 aromatic rings. The zero-order chi connectivity index (χ0) is 14.4. The van der Waals surface area contributed by atoms with Crippen LogP contribution in [0.15, 0.2) is 11.2 Å². The van der Waals surface area contributed by atoms with Crippen LogP contribution >= 0.6 is 23.1 Å². The first-order valence-corrected chi connectivity index (χ1v) is 9.30. The van der Waals surface area contributed by atoms with Gasteiger partial charge in [0.1, 0.15) is 0 Å². The van der Waals surface area contributed by atoms with Crippen molar-refractivity contribution in [3.8, 4) is 0 Å². The number of nitrogens with one attached hydrogen (secondary N) is 2. The summed E-state index contributed by atoms with van der Waals surface area (Å²) in [5, 5.41) is 8.81. The van der Waals surface area contributed by atoms with Crippen LogP contribution < -0.4 is 10.6 Å². The van der Waals surface area contributed by atoms with Crippen molar-refractivity contribution in [3.05, 3.63) is 16.1 Å². The molecule has 2 atom stereocenters. The Hall–Kier alpha value is -0.750. The zero-order valence-corrected chi connectivity index (χ0v) is 14.1. The van der Waals surface area contributed by atoms with E-state index in [1.807, 2.05) is 24.9 Å². The van der Waals surface area contributed by atoms with Crippen molar-refractivity contribution in [2.45, 2.75) is 50.9 Å². The van der Waals surface area contributed by atoms with Gasteiger partial charge in [0.2, 0.25) is 0 Å². The molecule has 1 aliphatic rings. The SMILES string of the molecule is CCNC(=NCc1cnc(C)s1)NC1CCC(SC)C1. The molecule has 0 amide bonds. The van der Waals surface area contributed by atoms with Gasteiger partial charge < -0.3 is 10.6 Å². The lowest BCUT2D eigenvalue weighted by Crippen LogP contribution is -2.42. The van der Waals surface area contributed by atoms with Crippen LogP contribution in [0.4, 0.5) is 0 Å². The molecule has 2 unspecified atom stereocenters. The van der Waals surface area contributed by atoms with Crippen molar-refractivity contribution in [2.75, 3.05) is 12.8 Å². The van der Waals surface area contributed by atoms with Crippen molar-refractivity contribution in [3.63, 3.8) is 0 Å². The molecule has 0 saturated heterocycles. The summed E-state index contributed by atoms with van der Waals surface area (Å²) in [5.41, 5.74) is 0. The number of hydrogen-bond donors (Lipinski definition) is 2.